The summed E-state index contributed by atoms with van der Waals surface area (Å²) in [7, 11) is 0. The van der Waals surface area contributed by atoms with Gasteiger partial charge < -0.3 is 10.2 Å². The van der Waals surface area contributed by atoms with E-state index in [0.717, 1.165) is 18.5 Å². The van der Waals surface area contributed by atoms with E-state index >= 15 is 0 Å². The summed E-state index contributed by atoms with van der Waals surface area (Å²) in [6.45, 7) is 4.76. The number of carbonyl (C=O) groups excluding carboxylic acids is 1. The minimum Gasteiger partial charge on any atom is -0.462 e. The minimum absolute atomic E-state index is 0.281. The summed E-state index contributed by atoms with van der Waals surface area (Å²) in [5.41, 5.74) is 3.82. The molecule has 0 aliphatic heterocycles. The molecule has 1 rings (SSSR count). The first-order valence-electron chi connectivity index (χ1n) is 5.91. The van der Waals surface area contributed by atoms with Crippen molar-refractivity contribution < 1.29 is 9.53 Å². The van der Waals surface area contributed by atoms with Crippen LogP contribution in [-0.4, -0.2) is 12.6 Å². The number of anilines is 1. The molecule has 3 N–H and O–H groups in total. The highest BCUT2D eigenvalue weighted by Crippen LogP contribution is 2.10. The first kappa shape index (κ1) is 13.5. The highest BCUT2D eigenvalue weighted by Gasteiger charge is 2.07. The van der Waals surface area contributed by atoms with Crippen molar-refractivity contribution in [3.8, 4) is 0 Å². The van der Waals surface area contributed by atoms with Crippen LogP contribution >= 0.6 is 0 Å². The molecule has 0 aliphatic carbocycles. The van der Waals surface area contributed by atoms with E-state index in [9.17, 15) is 4.79 Å². The van der Waals surface area contributed by atoms with Gasteiger partial charge in [-0.2, -0.15) is 0 Å². The molecule has 0 bridgehead atoms. The molecule has 0 spiro atoms. The Labute approximate surface area is 102 Å². The molecule has 17 heavy (non-hydrogen) atoms. The quantitative estimate of drug-likeness (QED) is 0.452. The zero-order valence-electron chi connectivity index (χ0n) is 10.4. The fraction of sp³-hybridized carbons (Fsp3) is 0.462. The Morgan fingerprint density at radius 1 is 1.41 bits per heavy atom. The topological polar surface area (TPSA) is 64.3 Å². The number of rotatable bonds is 6. The highest BCUT2D eigenvalue weighted by molar-refractivity contribution is 5.89. The first-order chi connectivity index (χ1) is 8.17. The molecule has 94 valence electrons. The Balaban J connectivity index is 2.41. The standard InChI is InChI=1S/C13H20N2O2/c1-3-10(2)8-9-17-13(16)11-4-6-12(15-14)7-5-11/h4-7,10,15H,3,8-9,14H2,1-2H3/t10-/m1/s1. The SMILES string of the molecule is CC[C@@H](C)CCOC(=O)c1ccc(NN)cc1. The van der Waals surface area contributed by atoms with Crippen LogP contribution in [0.3, 0.4) is 0 Å². The third kappa shape index (κ3) is 4.44. The van der Waals surface area contributed by atoms with Crippen molar-refractivity contribution in [2.45, 2.75) is 26.7 Å². The molecule has 0 unspecified atom stereocenters. The average Bonchev–Trinajstić information content (AvgIpc) is 2.38. The summed E-state index contributed by atoms with van der Waals surface area (Å²) in [5.74, 6) is 5.55. The molecule has 0 aromatic heterocycles. The van der Waals surface area contributed by atoms with Crippen molar-refractivity contribution in [2.24, 2.45) is 11.8 Å². The molecule has 0 radical (unpaired) electrons. The zero-order valence-corrected chi connectivity index (χ0v) is 10.4. The smallest absolute Gasteiger partial charge is 0.338 e. The molecule has 0 fully saturated rings. The maximum Gasteiger partial charge on any atom is 0.338 e. The lowest BCUT2D eigenvalue weighted by Crippen LogP contribution is -2.10. The van der Waals surface area contributed by atoms with Crippen molar-refractivity contribution in [1.29, 1.82) is 0 Å². The molecule has 0 saturated heterocycles. The van der Waals surface area contributed by atoms with Gasteiger partial charge in [0.05, 0.1) is 12.2 Å². The number of carbonyl (C=O) groups is 1. The Bertz CT molecular complexity index is 349. The van der Waals surface area contributed by atoms with Crippen LogP contribution in [0.4, 0.5) is 5.69 Å². The highest BCUT2D eigenvalue weighted by atomic mass is 16.5. The molecular weight excluding hydrogens is 216 g/mol. The molecule has 0 heterocycles. The Hall–Kier alpha value is -1.55. The fourth-order valence-corrected chi connectivity index (χ4v) is 1.34. The summed E-state index contributed by atoms with van der Waals surface area (Å²) in [4.78, 5) is 11.6. The minimum atomic E-state index is -0.281. The lowest BCUT2D eigenvalue weighted by Gasteiger charge is -2.09. The molecule has 1 atom stereocenters. The van der Waals surface area contributed by atoms with E-state index in [1.165, 1.54) is 0 Å². The van der Waals surface area contributed by atoms with Crippen LogP contribution < -0.4 is 11.3 Å². The van der Waals surface area contributed by atoms with E-state index in [1.54, 1.807) is 24.3 Å². The number of nitrogens with one attached hydrogen (secondary N) is 1. The number of hydrazine groups is 1. The van der Waals surface area contributed by atoms with Gasteiger partial charge in [-0.1, -0.05) is 20.3 Å². The molecule has 0 aliphatic rings. The second-order valence-electron chi connectivity index (χ2n) is 4.16. The van der Waals surface area contributed by atoms with Gasteiger partial charge in [0, 0.05) is 5.69 Å². The van der Waals surface area contributed by atoms with Crippen molar-refractivity contribution >= 4 is 11.7 Å². The van der Waals surface area contributed by atoms with Gasteiger partial charge in [-0.3, -0.25) is 5.84 Å². The number of benzene rings is 1. The Morgan fingerprint density at radius 3 is 2.59 bits per heavy atom. The van der Waals surface area contributed by atoms with Crippen LogP contribution in [0.2, 0.25) is 0 Å². The summed E-state index contributed by atoms with van der Waals surface area (Å²) in [6.07, 6.45) is 2.01. The summed E-state index contributed by atoms with van der Waals surface area (Å²) in [6, 6.07) is 6.87. The van der Waals surface area contributed by atoms with Crippen molar-refractivity contribution in [3.63, 3.8) is 0 Å². The van der Waals surface area contributed by atoms with Crippen LogP contribution in [0.1, 0.15) is 37.0 Å². The lowest BCUT2D eigenvalue weighted by atomic mass is 10.1. The van der Waals surface area contributed by atoms with E-state index in [0.29, 0.717) is 18.1 Å². The predicted octanol–water partition coefficient (Wildman–Crippen LogP) is 2.57. The molecule has 4 nitrogen and oxygen atoms in total. The van der Waals surface area contributed by atoms with Gasteiger partial charge in [-0.05, 0) is 36.6 Å². The van der Waals surface area contributed by atoms with Crippen LogP contribution in [0.15, 0.2) is 24.3 Å². The molecule has 0 saturated carbocycles. The summed E-state index contributed by atoms with van der Waals surface area (Å²) >= 11 is 0. The third-order valence-electron chi connectivity index (χ3n) is 2.83. The summed E-state index contributed by atoms with van der Waals surface area (Å²) in [5, 5.41) is 0. The molecule has 1 aromatic rings. The van der Waals surface area contributed by atoms with Gasteiger partial charge in [0.1, 0.15) is 0 Å². The van der Waals surface area contributed by atoms with Crippen LogP contribution in [0.5, 0.6) is 0 Å². The molecule has 0 amide bonds. The summed E-state index contributed by atoms with van der Waals surface area (Å²) < 4.78 is 5.18. The van der Waals surface area contributed by atoms with Gasteiger partial charge in [0.2, 0.25) is 0 Å². The fourth-order valence-electron chi connectivity index (χ4n) is 1.34. The Morgan fingerprint density at radius 2 is 2.06 bits per heavy atom. The van der Waals surface area contributed by atoms with E-state index in [2.05, 4.69) is 19.3 Å². The van der Waals surface area contributed by atoms with E-state index in [4.69, 9.17) is 10.6 Å². The molecule has 4 heteroatoms. The monoisotopic (exact) mass is 236 g/mol. The number of hydrogen-bond acceptors (Lipinski definition) is 4. The first-order valence-corrected chi connectivity index (χ1v) is 5.91. The lowest BCUT2D eigenvalue weighted by molar-refractivity contribution is 0.0485. The maximum absolute atomic E-state index is 11.6. The van der Waals surface area contributed by atoms with Gasteiger partial charge in [-0.25, -0.2) is 4.79 Å². The number of hydrogen-bond donors (Lipinski definition) is 2. The largest absolute Gasteiger partial charge is 0.462 e. The maximum atomic E-state index is 11.6. The van der Waals surface area contributed by atoms with Crippen LogP contribution in [-0.2, 0) is 4.74 Å². The molecule has 1 aromatic carbocycles. The number of ether oxygens (including phenoxy) is 1. The number of nitrogens with two attached hydrogens (primary N) is 1. The van der Waals surface area contributed by atoms with Crippen molar-refractivity contribution in [3.05, 3.63) is 29.8 Å². The van der Waals surface area contributed by atoms with E-state index in [1.807, 2.05) is 0 Å². The second-order valence-corrected chi connectivity index (χ2v) is 4.16. The predicted molar refractivity (Wildman–Crippen MR) is 68.6 cm³/mol. The average molecular weight is 236 g/mol. The van der Waals surface area contributed by atoms with E-state index in [-0.39, 0.29) is 5.97 Å². The van der Waals surface area contributed by atoms with Crippen molar-refractivity contribution in [1.82, 2.24) is 0 Å². The normalized spacial score (nSPS) is 11.9. The third-order valence-corrected chi connectivity index (χ3v) is 2.83. The van der Waals surface area contributed by atoms with Crippen LogP contribution in [0, 0.1) is 5.92 Å². The van der Waals surface area contributed by atoms with Gasteiger partial charge in [0.15, 0.2) is 0 Å². The van der Waals surface area contributed by atoms with Crippen LogP contribution in [0.25, 0.3) is 0 Å². The van der Waals surface area contributed by atoms with Gasteiger partial charge in [-0.15, -0.1) is 0 Å². The van der Waals surface area contributed by atoms with Gasteiger partial charge >= 0.3 is 5.97 Å². The van der Waals surface area contributed by atoms with E-state index < -0.39 is 0 Å². The van der Waals surface area contributed by atoms with Crippen molar-refractivity contribution in [2.75, 3.05) is 12.0 Å². The Kier molecular flexibility index (Phi) is 5.49. The number of nitrogen functional groups attached to an aromatic ring is 1. The number of esters is 1. The zero-order chi connectivity index (χ0) is 12.7. The molecular formula is C13H20N2O2. The second kappa shape index (κ2) is 6.91. The van der Waals surface area contributed by atoms with Gasteiger partial charge in [0.25, 0.3) is 0 Å².